The predicted octanol–water partition coefficient (Wildman–Crippen LogP) is 5.41. The number of fused-ring (bicyclic) bond motifs is 1. The summed E-state index contributed by atoms with van der Waals surface area (Å²) < 4.78 is 1.07. The van der Waals surface area contributed by atoms with Crippen molar-refractivity contribution in [3.63, 3.8) is 0 Å². The smallest absolute Gasteiger partial charge is 0.265 e. The van der Waals surface area contributed by atoms with Gasteiger partial charge in [-0.2, -0.15) is 0 Å². The summed E-state index contributed by atoms with van der Waals surface area (Å²) in [4.78, 5) is 21.2. The zero-order valence-electron chi connectivity index (χ0n) is 16.2. The highest BCUT2D eigenvalue weighted by Crippen LogP contribution is 2.35. The minimum Gasteiger partial charge on any atom is -0.349 e. The van der Waals surface area contributed by atoms with Crippen molar-refractivity contribution in [2.24, 2.45) is 0 Å². The summed E-state index contributed by atoms with van der Waals surface area (Å²) in [5.74, 6) is -0.0754. The molecule has 5 nitrogen and oxygen atoms in total. The molecule has 0 radical (unpaired) electrons. The van der Waals surface area contributed by atoms with E-state index in [1.54, 1.807) is 11.3 Å². The van der Waals surface area contributed by atoms with Gasteiger partial charge in [-0.3, -0.25) is 4.79 Å². The molecule has 0 spiro atoms. The Morgan fingerprint density at radius 1 is 1.11 bits per heavy atom. The standard InChI is InChI=1S/C19H24N4OS2.2ClH/c1-4-20-12-13-9-7-8-10-14(13)21-17(24)15-11-16-18(25-15)22-19(26-16)23(5-2)6-3;;/h7-11,20H,4-6,12H2,1-3H3,(H,21,24);2*1H. The molecule has 2 heterocycles. The summed E-state index contributed by atoms with van der Waals surface area (Å²) in [5.41, 5.74) is 1.94. The van der Waals surface area contributed by atoms with Gasteiger partial charge >= 0.3 is 0 Å². The molecule has 2 aromatic heterocycles. The number of amides is 1. The first kappa shape index (κ1) is 24.7. The summed E-state index contributed by atoms with van der Waals surface area (Å²) in [6, 6.07) is 9.85. The Labute approximate surface area is 186 Å². The zero-order valence-corrected chi connectivity index (χ0v) is 19.4. The van der Waals surface area contributed by atoms with Gasteiger partial charge in [-0.05, 0) is 38.1 Å². The summed E-state index contributed by atoms with van der Waals surface area (Å²) in [5, 5.41) is 7.37. The van der Waals surface area contributed by atoms with E-state index < -0.39 is 0 Å². The number of thiophene rings is 1. The fraction of sp³-hybridized carbons (Fsp3) is 0.368. The van der Waals surface area contributed by atoms with Crippen LogP contribution in [0.4, 0.5) is 10.8 Å². The van der Waals surface area contributed by atoms with E-state index in [1.165, 1.54) is 11.3 Å². The summed E-state index contributed by atoms with van der Waals surface area (Å²) in [6.07, 6.45) is 0. The fourth-order valence-corrected chi connectivity index (χ4v) is 4.94. The lowest BCUT2D eigenvalue weighted by atomic mass is 10.1. The van der Waals surface area contributed by atoms with Crippen LogP contribution in [0.3, 0.4) is 0 Å². The Bertz CT molecular complexity index is 862. The number of aromatic nitrogens is 1. The second-order valence-electron chi connectivity index (χ2n) is 5.84. The molecule has 0 aliphatic carbocycles. The summed E-state index contributed by atoms with van der Waals surface area (Å²) in [6.45, 7) is 9.83. The number of halogens is 2. The number of anilines is 2. The van der Waals surface area contributed by atoms with Crippen LogP contribution in [0, 0.1) is 0 Å². The minimum absolute atomic E-state index is 0. The SMILES string of the molecule is CCNCc1ccccc1NC(=O)c1cc2sc(N(CC)CC)nc2s1.Cl.Cl. The number of para-hydroxylation sites is 1. The average Bonchev–Trinajstić information content (AvgIpc) is 3.21. The maximum Gasteiger partial charge on any atom is 0.265 e. The van der Waals surface area contributed by atoms with Gasteiger partial charge in [-0.15, -0.1) is 36.2 Å². The Morgan fingerprint density at radius 2 is 1.82 bits per heavy atom. The van der Waals surface area contributed by atoms with Gasteiger partial charge in [-0.1, -0.05) is 36.5 Å². The van der Waals surface area contributed by atoms with Crippen LogP contribution in [0.5, 0.6) is 0 Å². The van der Waals surface area contributed by atoms with Crippen molar-refractivity contribution >= 4 is 73.7 Å². The summed E-state index contributed by atoms with van der Waals surface area (Å²) in [7, 11) is 0. The Morgan fingerprint density at radius 3 is 2.46 bits per heavy atom. The van der Waals surface area contributed by atoms with E-state index in [4.69, 9.17) is 4.98 Å². The quantitative estimate of drug-likeness (QED) is 0.471. The summed E-state index contributed by atoms with van der Waals surface area (Å²) >= 11 is 3.10. The Balaban J connectivity index is 0.00000196. The van der Waals surface area contributed by atoms with Crippen molar-refractivity contribution in [3.05, 3.63) is 40.8 Å². The van der Waals surface area contributed by atoms with E-state index in [-0.39, 0.29) is 30.7 Å². The number of nitrogens with one attached hydrogen (secondary N) is 2. The second-order valence-corrected chi connectivity index (χ2v) is 7.88. The number of hydrogen-bond acceptors (Lipinski definition) is 6. The molecule has 1 amide bonds. The first-order valence-electron chi connectivity index (χ1n) is 8.91. The number of rotatable bonds is 8. The number of hydrogen-bond donors (Lipinski definition) is 2. The van der Waals surface area contributed by atoms with Gasteiger partial charge in [0.1, 0.15) is 4.83 Å². The molecule has 0 bridgehead atoms. The third-order valence-corrected chi connectivity index (χ3v) is 6.39. The molecule has 0 aliphatic rings. The van der Waals surface area contributed by atoms with E-state index >= 15 is 0 Å². The third-order valence-electron chi connectivity index (χ3n) is 4.17. The van der Waals surface area contributed by atoms with Gasteiger partial charge in [0, 0.05) is 25.3 Å². The zero-order chi connectivity index (χ0) is 18.5. The minimum atomic E-state index is -0.0754. The highest BCUT2D eigenvalue weighted by Gasteiger charge is 2.16. The normalized spacial score (nSPS) is 10.2. The first-order valence-corrected chi connectivity index (χ1v) is 10.5. The molecule has 0 saturated heterocycles. The average molecular weight is 461 g/mol. The molecule has 1 aromatic carbocycles. The molecule has 2 N–H and O–H groups in total. The van der Waals surface area contributed by atoms with Crippen LogP contribution in [-0.2, 0) is 6.54 Å². The van der Waals surface area contributed by atoms with Crippen molar-refractivity contribution in [3.8, 4) is 0 Å². The molecule has 3 rings (SSSR count). The van der Waals surface area contributed by atoms with E-state index in [0.29, 0.717) is 4.88 Å². The Kier molecular flexibility index (Phi) is 10.2. The number of benzene rings is 1. The second kappa shape index (κ2) is 11.6. The molecule has 28 heavy (non-hydrogen) atoms. The monoisotopic (exact) mass is 460 g/mol. The molecule has 154 valence electrons. The molecule has 0 atom stereocenters. The van der Waals surface area contributed by atoms with E-state index in [9.17, 15) is 4.79 Å². The lowest BCUT2D eigenvalue weighted by Crippen LogP contribution is -2.21. The van der Waals surface area contributed by atoms with Gasteiger partial charge in [0.15, 0.2) is 5.13 Å². The van der Waals surface area contributed by atoms with Crippen LogP contribution in [0.15, 0.2) is 30.3 Å². The predicted molar refractivity (Wildman–Crippen MR) is 127 cm³/mol. The third kappa shape index (κ3) is 5.58. The molecule has 9 heteroatoms. The van der Waals surface area contributed by atoms with E-state index in [1.807, 2.05) is 30.3 Å². The van der Waals surface area contributed by atoms with Gasteiger partial charge in [0.05, 0.1) is 9.58 Å². The molecule has 3 aromatic rings. The maximum absolute atomic E-state index is 12.7. The lowest BCUT2D eigenvalue weighted by Gasteiger charge is -2.16. The van der Waals surface area contributed by atoms with Crippen molar-refractivity contribution < 1.29 is 4.79 Å². The number of nitrogens with zero attached hydrogens (tertiary/aromatic N) is 2. The van der Waals surface area contributed by atoms with Gasteiger partial charge in [-0.25, -0.2) is 4.98 Å². The largest absolute Gasteiger partial charge is 0.349 e. The molecule has 0 aliphatic heterocycles. The molecule has 0 unspecified atom stereocenters. The van der Waals surface area contributed by atoms with Gasteiger partial charge in [0.25, 0.3) is 5.91 Å². The topological polar surface area (TPSA) is 57.3 Å². The first-order chi connectivity index (χ1) is 12.7. The van der Waals surface area contributed by atoms with Gasteiger partial charge < -0.3 is 15.5 Å². The highest BCUT2D eigenvalue weighted by molar-refractivity contribution is 7.29. The van der Waals surface area contributed by atoms with Crippen LogP contribution in [0.1, 0.15) is 36.0 Å². The number of thiazole rings is 1. The van der Waals surface area contributed by atoms with Crippen LogP contribution in [0.25, 0.3) is 9.53 Å². The highest BCUT2D eigenvalue weighted by atomic mass is 35.5. The number of carbonyl (C=O) groups is 1. The van der Waals surface area contributed by atoms with Crippen molar-refractivity contribution in [1.29, 1.82) is 0 Å². The maximum atomic E-state index is 12.7. The van der Waals surface area contributed by atoms with Crippen LogP contribution in [0.2, 0.25) is 0 Å². The van der Waals surface area contributed by atoms with Gasteiger partial charge in [0.2, 0.25) is 0 Å². The molecular weight excluding hydrogens is 435 g/mol. The van der Waals surface area contributed by atoms with Crippen LogP contribution in [-0.4, -0.2) is 30.5 Å². The van der Waals surface area contributed by atoms with E-state index in [0.717, 1.165) is 52.1 Å². The van der Waals surface area contributed by atoms with Crippen molar-refractivity contribution in [2.45, 2.75) is 27.3 Å². The Hall–Kier alpha value is -1.38. The van der Waals surface area contributed by atoms with Crippen LogP contribution < -0.4 is 15.5 Å². The van der Waals surface area contributed by atoms with E-state index in [2.05, 4.69) is 36.3 Å². The fourth-order valence-electron chi connectivity index (χ4n) is 2.71. The molecule has 0 fully saturated rings. The molecular formula is C19H26Cl2N4OS2. The lowest BCUT2D eigenvalue weighted by molar-refractivity contribution is 0.103. The van der Waals surface area contributed by atoms with Crippen molar-refractivity contribution in [2.75, 3.05) is 29.9 Å². The van der Waals surface area contributed by atoms with Crippen molar-refractivity contribution in [1.82, 2.24) is 10.3 Å². The number of carbonyl (C=O) groups excluding carboxylic acids is 1. The van der Waals surface area contributed by atoms with Crippen LogP contribution >= 0.6 is 47.5 Å². The molecule has 0 saturated carbocycles.